The summed E-state index contributed by atoms with van der Waals surface area (Å²) in [4.78, 5) is 10.4. The van der Waals surface area contributed by atoms with Gasteiger partial charge in [-0.3, -0.25) is 0 Å². The number of ether oxygens (including phenoxy) is 1. The molecule has 0 fully saturated rings. The molecule has 2 rings (SSSR count). The van der Waals surface area contributed by atoms with Gasteiger partial charge in [0.25, 0.3) is 0 Å². The van der Waals surface area contributed by atoms with Gasteiger partial charge in [0.15, 0.2) is 0 Å². The second-order valence-electron chi connectivity index (χ2n) is 4.67. The SMILES string of the molecule is CCNc1cc(N(C)Cc2ccccc2OC)nc(N)n1. The molecule has 0 aliphatic rings. The standard InChI is InChI=1S/C15H21N5O/c1-4-17-13-9-14(19-15(16)18-13)20(2)10-11-7-5-6-8-12(11)21-3/h5-9H,4,10H2,1-3H3,(H3,16,17,18,19). The maximum Gasteiger partial charge on any atom is 0.223 e. The number of para-hydroxylation sites is 1. The molecule has 0 bridgehead atoms. The van der Waals surface area contributed by atoms with E-state index in [9.17, 15) is 0 Å². The molecule has 1 aromatic heterocycles. The Labute approximate surface area is 125 Å². The number of aromatic nitrogens is 2. The number of methoxy groups -OCH3 is 1. The molecule has 1 heterocycles. The zero-order valence-corrected chi connectivity index (χ0v) is 12.6. The Balaban J connectivity index is 2.21. The molecule has 0 aliphatic carbocycles. The Bertz CT molecular complexity index is 602. The number of benzene rings is 1. The minimum Gasteiger partial charge on any atom is -0.496 e. The van der Waals surface area contributed by atoms with Crippen molar-refractivity contribution in [1.82, 2.24) is 9.97 Å². The van der Waals surface area contributed by atoms with Crippen LogP contribution < -0.4 is 20.7 Å². The number of anilines is 3. The van der Waals surface area contributed by atoms with Crippen molar-refractivity contribution >= 4 is 17.6 Å². The maximum atomic E-state index is 5.76. The molecular weight excluding hydrogens is 266 g/mol. The van der Waals surface area contributed by atoms with Gasteiger partial charge in [-0.25, -0.2) is 0 Å². The van der Waals surface area contributed by atoms with Crippen molar-refractivity contribution in [1.29, 1.82) is 0 Å². The highest BCUT2D eigenvalue weighted by molar-refractivity contribution is 5.53. The van der Waals surface area contributed by atoms with E-state index in [2.05, 4.69) is 15.3 Å². The van der Waals surface area contributed by atoms with Crippen LogP contribution in [-0.2, 0) is 6.54 Å². The number of rotatable bonds is 6. The van der Waals surface area contributed by atoms with Gasteiger partial charge in [0.2, 0.25) is 5.95 Å². The van der Waals surface area contributed by atoms with Gasteiger partial charge in [-0.15, -0.1) is 0 Å². The van der Waals surface area contributed by atoms with E-state index in [1.54, 1.807) is 7.11 Å². The van der Waals surface area contributed by atoms with Crippen LogP contribution >= 0.6 is 0 Å². The Morgan fingerprint density at radius 1 is 1.29 bits per heavy atom. The molecule has 21 heavy (non-hydrogen) atoms. The lowest BCUT2D eigenvalue weighted by atomic mass is 10.2. The van der Waals surface area contributed by atoms with E-state index in [1.165, 1.54) is 0 Å². The molecule has 6 heteroatoms. The second kappa shape index (κ2) is 6.78. The maximum absolute atomic E-state index is 5.76. The molecule has 2 aromatic rings. The van der Waals surface area contributed by atoms with Crippen molar-refractivity contribution in [2.24, 2.45) is 0 Å². The largest absolute Gasteiger partial charge is 0.496 e. The minimum atomic E-state index is 0.260. The van der Waals surface area contributed by atoms with Gasteiger partial charge in [0, 0.05) is 31.8 Å². The first-order valence-corrected chi connectivity index (χ1v) is 6.85. The van der Waals surface area contributed by atoms with E-state index < -0.39 is 0 Å². The average Bonchev–Trinajstić information content (AvgIpc) is 2.47. The summed E-state index contributed by atoms with van der Waals surface area (Å²) in [5, 5.41) is 3.15. The Morgan fingerprint density at radius 3 is 2.76 bits per heavy atom. The van der Waals surface area contributed by atoms with E-state index in [1.807, 2.05) is 49.2 Å². The predicted octanol–water partition coefficient (Wildman–Crippen LogP) is 2.14. The fraction of sp³-hybridized carbons (Fsp3) is 0.333. The van der Waals surface area contributed by atoms with Crippen molar-refractivity contribution in [3.05, 3.63) is 35.9 Å². The summed E-state index contributed by atoms with van der Waals surface area (Å²) in [6.07, 6.45) is 0. The van der Waals surface area contributed by atoms with E-state index in [0.717, 1.165) is 29.5 Å². The molecule has 0 unspecified atom stereocenters. The fourth-order valence-electron chi connectivity index (χ4n) is 2.09. The summed E-state index contributed by atoms with van der Waals surface area (Å²) < 4.78 is 5.37. The molecule has 3 N–H and O–H groups in total. The summed E-state index contributed by atoms with van der Waals surface area (Å²) >= 11 is 0. The Morgan fingerprint density at radius 2 is 2.05 bits per heavy atom. The van der Waals surface area contributed by atoms with E-state index >= 15 is 0 Å². The van der Waals surface area contributed by atoms with Crippen LogP contribution in [0.1, 0.15) is 12.5 Å². The van der Waals surface area contributed by atoms with Crippen LogP contribution in [0.25, 0.3) is 0 Å². The lowest BCUT2D eigenvalue weighted by molar-refractivity contribution is 0.409. The Kier molecular flexibility index (Phi) is 4.81. The van der Waals surface area contributed by atoms with Crippen LogP contribution in [0.3, 0.4) is 0 Å². The van der Waals surface area contributed by atoms with Crippen molar-refractivity contribution in [2.45, 2.75) is 13.5 Å². The smallest absolute Gasteiger partial charge is 0.223 e. The van der Waals surface area contributed by atoms with Crippen LogP contribution in [0, 0.1) is 0 Å². The predicted molar refractivity (Wildman–Crippen MR) is 85.7 cm³/mol. The number of nitrogens with zero attached hydrogens (tertiary/aromatic N) is 3. The van der Waals surface area contributed by atoms with Gasteiger partial charge in [-0.2, -0.15) is 9.97 Å². The number of nitrogens with two attached hydrogens (primary N) is 1. The van der Waals surface area contributed by atoms with Crippen LogP contribution in [0.4, 0.5) is 17.6 Å². The Hall–Kier alpha value is -2.50. The van der Waals surface area contributed by atoms with E-state index in [-0.39, 0.29) is 5.95 Å². The summed E-state index contributed by atoms with van der Waals surface area (Å²) in [5.74, 6) is 2.62. The number of hydrogen-bond acceptors (Lipinski definition) is 6. The third kappa shape index (κ3) is 3.75. The zero-order chi connectivity index (χ0) is 15.2. The van der Waals surface area contributed by atoms with E-state index in [0.29, 0.717) is 6.54 Å². The van der Waals surface area contributed by atoms with Crippen LogP contribution in [0.5, 0.6) is 5.75 Å². The first-order chi connectivity index (χ1) is 10.1. The van der Waals surface area contributed by atoms with Gasteiger partial charge in [-0.1, -0.05) is 18.2 Å². The van der Waals surface area contributed by atoms with Crippen molar-refractivity contribution in [3.8, 4) is 5.75 Å². The average molecular weight is 287 g/mol. The van der Waals surface area contributed by atoms with Gasteiger partial charge < -0.3 is 20.7 Å². The molecule has 0 spiro atoms. The number of nitrogens with one attached hydrogen (secondary N) is 1. The van der Waals surface area contributed by atoms with Crippen molar-refractivity contribution in [3.63, 3.8) is 0 Å². The molecule has 0 amide bonds. The summed E-state index contributed by atoms with van der Waals surface area (Å²) in [5.41, 5.74) is 6.85. The molecule has 0 atom stereocenters. The summed E-state index contributed by atoms with van der Waals surface area (Å²) in [6, 6.07) is 9.81. The molecule has 0 radical (unpaired) electrons. The van der Waals surface area contributed by atoms with E-state index in [4.69, 9.17) is 10.5 Å². The zero-order valence-electron chi connectivity index (χ0n) is 12.6. The van der Waals surface area contributed by atoms with Gasteiger partial charge in [0.1, 0.15) is 17.4 Å². The second-order valence-corrected chi connectivity index (χ2v) is 4.67. The van der Waals surface area contributed by atoms with Crippen LogP contribution in [0.2, 0.25) is 0 Å². The van der Waals surface area contributed by atoms with Gasteiger partial charge in [0.05, 0.1) is 7.11 Å². The molecule has 0 aliphatic heterocycles. The third-order valence-corrected chi connectivity index (χ3v) is 3.08. The lowest BCUT2D eigenvalue weighted by Crippen LogP contribution is -2.19. The van der Waals surface area contributed by atoms with Gasteiger partial charge >= 0.3 is 0 Å². The summed E-state index contributed by atoms with van der Waals surface area (Å²) in [7, 11) is 3.63. The highest BCUT2D eigenvalue weighted by Crippen LogP contribution is 2.22. The van der Waals surface area contributed by atoms with Crippen molar-refractivity contribution < 1.29 is 4.74 Å². The first kappa shape index (κ1) is 14.9. The fourth-order valence-corrected chi connectivity index (χ4v) is 2.09. The molecule has 1 aromatic carbocycles. The third-order valence-electron chi connectivity index (χ3n) is 3.08. The monoisotopic (exact) mass is 287 g/mol. The number of nitrogen functional groups attached to an aromatic ring is 1. The number of hydrogen-bond donors (Lipinski definition) is 2. The van der Waals surface area contributed by atoms with Gasteiger partial charge in [-0.05, 0) is 13.0 Å². The highest BCUT2D eigenvalue weighted by atomic mass is 16.5. The molecule has 0 saturated heterocycles. The first-order valence-electron chi connectivity index (χ1n) is 6.85. The molecular formula is C15H21N5O. The lowest BCUT2D eigenvalue weighted by Gasteiger charge is -2.20. The molecule has 0 saturated carbocycles. The van der Waals surface area contributed by atoms with Crippen LogP contribution in [0.15, 0.2) is 30.3 Å². The topological polar surface area (TPSA) is 76.3 Å². The summed E-state index contributed by atoms with van der Waals surface area (Å²) in [6.45, 7) is 3.47. The normalized spacial score (nSPS) is 10.2. The highest BCUT2D eigenvalue weighted by Gasteiger charge is 2.10. The molecule has 6 nitrogen and oxygen atoms in total. The minimum absolute atomic E-state index is 0.260. The molecule has 112 valence electrons. The van der Waals surface area contributed by atoms with Crippen molar-refractivity contribution in [2.75, 3.05) is 36.7 Å². The quantitative estimate of drug-likeness (QED) is 0.847. The van der Waals surface area contributed by atoms with Crippen LogP contribution in [-0.4, -0.2) is 30.7 Å².